The number of pyridine rings is 1. The second-order valence-electron chi connectivity index (χ2n) is 7.77. The van der Waals surface area contributed by atoms with Crippen LogP contribution in [0.5, 0.6) is 5.75 Å². The minimum absolute atomic E-state index is 0.00497. The molecule has 0 bridgehead atoms. The van der Waals surface area contributed by atoms with Gasteiger partial charge in [0, 0.05) is 11.9 Å². The Kier molecular flexibility index (Phi) is 6.17. The van der Waals surface area contributed by atoms with Gasteiger partial charge in [-0.15, -0.1) is 0 Å². The molecule has 0 aliphatic rings. The number of benzene rings is 2. The maximum atomic E-state index is 12.8. The van der Waals surface area contributed by atoms with Crippen molar-refractivity contribution >= 4 is 23.0 Å². The Morgan fingerprint density at radius 2 is 1.69 bits per heavy atom. The number of nitrogens with zero attached hydrogens (tertiary/aromatic N) is 1. The first kappa shape index (κ1) is 20.4. The van der Waals surface area contributed by atoms with Crippen LogP contribution in [-0.2, 0) is 5.41 Å². The molecule has 0 saturated heterocycles. The quantitative estimate of drug-likeness (QED) is 0.561. The Hall–Kier alpha value is -3.34. The number of rotatable bonds is 6. The molecule has 1 heterocycles. The normalized spacial score (nSPS) is 11.0. The molecule has 1 amide bonds. The second kappa shape index (κ2) is 8.78. The van der Waals surface area contributed by atoms with Crippen molar-refractivity contribution in [3.05, 3.63) is 78.1 Å². The molecule has 150 valence electrons. The van der Waals surface area contributed by atoms with Crippen LogP contribution in [0.3, 0.4) is 0 Å². The van der Waals surface area contributed by atoms with Gasteiger partial charge in [-0.3, -0.25) is 9.78 Å². The predicted octanol–water partition coefficient (Wildman–Crippen LogP) is 5.77. The summed E-state index contributed by atoms with van der Waals surface area (Å²) in [5.74, 6) is 0.405. The van der Waals surface area contributed by atoms with Gasteiger partial charge in [-0.25, -0.2) is 0 Å². The summed E-state index contributed by atoms with van der Waals surface area (Å²) >= 11 is 0. The van der Waals surface area contributed by atoms with Crippen molar-refractivity contribution in [2.24, 2.45) is 0 Å². The summed E-state index contributed by atoms with van der Waals surface area (Å²) in [4.78, 5) is 17.0. The van der Waals surface area contributed by atoms with E-state index in [-0.39, 0.29) is 11.3 Å². The van der Waals surface area contributed by atoms with Crippen molar-refractivity contribution in [2.75, 3.05) is 17.2 Å². The number of para-hydroxylation sites is 3. The van der Waals surface area contributed by atoms with Gasteiger partial charge >= 0.3 is 0 Å². The van der Waals surface area contributed by atoms with Crippen molar-refractivity contribution in [2.45, 2.75) is 33.1 Å². The highest BCUT2D eigenvalue weighted by Gasteiger charge is 2.18. The standard InChI is InChI=1S/C24H27N3O2/c1-5-29-22-13-9-8-12-21(22)27-23(28)17-14-18(16-25-15-17)26-20-11-7-6-10-19(20)24(2,3)4/h6-16,26H,5H2,1-4H3,(H,27,28). The number of ether oxygens (including phenoxy) is 1. The van der Waals surface area contributed by atoms with E-state index in [9.17, 15) is 4.79 Å². The first-order valence-electron chi connectivity index (χ1n) is 9.73. The fraction of sp³-hybridized carbons (Fsp3) is 0.250. The van der Waals surface area contributed by atoms with Crippen molar-refractivity contribution in [1.82, 2.24) is 4.98 Å². The topological polar surface area (TPSA) is 63.2 Å². The van der Waals surface area contributed by atoms with Crippen LogP contribution in [0.25, 0.3) is 0 Å². The summed E-state index contributed by atoms with van der Waals surface area (Å²) in [6.07, 6.45) is 3.27. The third-order valence-corrected chi connectivity index (χ3v) is 4.45. The molecule has 3 rings (SSSR count). The maximum absolute atomic E-state index is 12.8. The van der Waals surface area contributed by atoms with Crippen molar-refractivity contribution < 1.29 is 9.53 Å². The maximum Gasteiger partial charge on any atom is 0.257 e. The molecule has 5 heteroatoms. The Labute approximate surface area is 172 Å². The number of carbonyl (C=O) groups is 1. The number of anilines is 3. The lowest BCUT2D eigenvalue weighted by molar-refractivity contribution is 0.102. The molecule has 0 radical (unpaired) electrons. The van der Waals surface area contributed by atoms with Gasteiger partial charge < -0.3 is 15.4 Å². The number of hydrogen-bond donors (Lipinski definition) is 2. The van der Waals surface area contributed by atoms with Crippen molar-refractivity contribution in [3.8, 4) is 5.75 Å². The third-order valence-electron chi connectivity index (χ3n) is 4.45. The Balaban J connectivity index is 1.81. The minimum atomic E-state index is -0.239. The van der Waals surface area contributed by atoms with Crippen molar-refractivity contribution in [3.63, 3.8) is 0 Å². The average molecular weight is 389 g/mol. The molecule has 0 unspecified atom stereocenters. The highest BCUT2D eigenvalue weighted by molar-refractivity contribution is 6.05. The van der Waals surface area contributed by atoms with Gasteiger partial charge in [0.25, 0.3) is 5.91 Å². The zero-order valence-electron chi connectivity index (χ0n) is 17.3. The summed E-state index contributed by atoms with van der Waals surface area (Å²) < 4.78 is 5.58. The summed E-state index contributed by atoms with van der Waals surface area (Å²) in [6.45, 7) is 8.95. The highest BCUT2D eigenvalue weighted by atomic mass is 16.5. The fourth-order valence-electron chi connectivity index (χ4n) is 3.08. The van der Waals surface area contributed by atoms with Gasteiger partial charge in [-0.1, -0.05) is 51.1 Å². The van der Waals surface area contributed by atoms with E-state index in [0.717, 1.165) is 11.4 Å². The molecule has 5 nitrogen and oxygen atoms in total. The van der Waals surface area contributed by atoms with Crippen LogP contribution in [0, 0.1) is 0 Å². The van der Waals surface area contributed by atoms with E-state index in [0.29, 0.717) is 23.6 Å². The summed E-state index contributed by atoms with van der Waals surface area (Å²) in [5.41, 5.74) is 4.05. The van der Waals surface area contributed by atoms with E-state index in [1.807, 2.05) is 49.4 Å². The second-order valence-corrected chi connectivity index (χ2v) is 7.77. The molecular weight excluding hydrogens is 362 g/mol. The first-order valence-corrected chi connectivity index (χ1v) is 9.73. The molecule has 2 aromatic carbocycles. The number of nitrogens with one attached hydrogen (secondary N) is 2. The summed E-state index contributed by atoms with van der Waals surface area (Å²) in [7, 11) is 0. The van der Waals surface area contributed by atoms with E-state index in [2.05, 4.69) is 42.5 Å². The first-order chi connectivity index (χ1) is 13.9. The predicted molar refractivity (Wildman–Crippen MR) is 118 cm³/mol. The monoisotopic (exact) mass is 389 g/mol. The molecule has 0 atom stereocenters. The zero-order valence-corrected chi connectivity index (χ0v) is 17.3. The summed E-state index contributed by atoms with van der Waals surface area (Å²) in [5, 5.41) is 6.31. The van der Waals surface area contributed by atoms with Crippen LogP contribution >= 0.6 is 0 Å². The summed E-state index contributed by atoms with van der Waals surface area (Å²) in [6, 6.07) is 17.3. The number of aromatic nitrogens is 1. The Bertz CT molecular complexity index is 993. The molecule has 0 aliphatic heterocycles. The van der Waals surface area contributed by atoms with Crippen LogP contribution in [0.1, 0.15) is 43.6 Å². The van der Waals surface area contributed by atoms with Gasteiger partial charge in [-0.05, 0) is 42.2 Å². The highest BCUT2D eigenvalue weighted by Crippen LogP contribution is 2.31. The van der Waals surface area contributed by atoms with Crippen LogP contribution in [0.4, 0.5) is 17.1 Å². The van der Waals surface area contributed by atoms with Crippen LogP contribution in [0.2, 0.25) is 0 Å². The number of amides is 1. The van der Waals surface area contributed by atoms with Crippen LogP contribution < -0.4 is 15.4 Å². The van der Waals surface area contributed by atoms with E-state index in [4.69, 9.17) is 4.74 Å². The molecule has 0 fully saturated rings. The average Bonchev–Trinajstić information content (AvgIpc) is 2.69. The van der Waals surface area contributed by atoms with Crippen LogP contribution in [-0.4, -0.2) is 17.5 Å². The molecule has 2 N–H and O–H groups in total. The zero-order chi connectivity index (χ0) is 20.9. The lowest BCUT2D eigenvalue weighted by atomic mass is 9.86. The third kappa shape index (κ3) is 5.13. The Morgan fingerprint density at radius 3 is 2.41 bits per heavy atom. The Morgan fingerprint density at radius 1 is 1.00 bits per heavy atom. The van der Waals surface area contributed by atoms with Crippen LogP contribution in [0.15, 0.2) is 67.0 Å². The van der Waals surface area contributed by atoms with Gasteiger partial charge in [0.05, 0.1) is 29.7 Å². The van der Waals surface area contributed by atoms with Gasteiger partial charge in [0.1, 0.15) is 5.75 Å². The van der Waals surface area contributed by atoms with Crippen molar-refractivity contribution in [1.29, 1.82) is 0 Å². The molecule has 3 aromatic rings. The van der Waals surface area contributed by atoms with E-state index >= 15 is 0 Å². The molecule has 0 aliphatic carbocycles. The van der Waals surface area contributed by atoms with E-state index in [1.54, 1.807) is 18.5 Å². The number of carbonyl (C=O) groups excluding carboxylic acids is 1. The van der Waals surface area contributed by atoms with E-state index in [1.165, 1.54) is 5.56 Å². The molecule has 0 saturated carbocycles. The molecule has 1 aromatic heterocycles. The van der Waals surface area contributed by atoms with Gasteiger partial charge in [-0.2, -0.15) is 0 Å². The fourth-order valence-corrected chi connectivity index (χ4v) is 3.08. The van der Waals surface area contributed by atoms with E-state index < -0.39 is 0 Å². The lowest BCUT2D eigenvalue weighted by Crippen LogP contribution is -2.15. The number of hydrogen-bond acceptors (Lipinski definition) is 4. The molecule has 0 spiro atoms. The largest absolute Gasteiger partial charge is 0.492 e. The minimum Gasteiger partial charge on any atom is -0.492 e. The molecule has 29 heavy (non-hydrogen) atoms. The molecular formula is C24H27N3O2. The smallest absolute Gasteiger partial charge is 0.257 e. The van der Waals surface area contributed by atoms with Gasteiger partial charge in [0.15, 0.2) is 0 Å². The SMILES string of the molecule is CCOc1ccccc1NC(=O)c1cncc(Nc2ccccc2C(C)(C)C)c1. The lowest BCUT2D eigenvalue weighted by Gasteiger charge is -2.23. The van der Waals surface area contributed by atoms with Gasteiger partial charge in [0.2, 0.25) is 0 Å².